The van der Waals surface area contributed by atoms with Crippen molar-refractivity contribution in [2.45, 2.75) is 6.18 Å². The Kier molecular flexibility index (Phi) is 5.08. The number of nitrogens with zero attached hydrogens (tertiary/aromatic N) is 1. The summed E-state index contributed by atoms with van der Waals surface area (Å²) in [6.07, 6.45) is -4.62. The fraction of sp³-hybridized carbons (Fsp3) is 0.158. The SMILES string of the molecule is COc1ccc(C2=C(Cl)C(=O)N(c3cccc(C(F)(F)F)c3)C2=O)cc1OC. The lowest BCUT2D eigenvalue weighted by atomic mass is 10.1. The number of methoxy groups -OCH3 is 2. The molecule has 0 N–H and O–H groups in total. The Morgan fingerprint density at radius 3 is 2.21 bits per heavy atom. The number of ether oxygens (including phenoxy) is 2. The highest BCUT2D eigenvalue weighted by Crippen LogP contribution is 2.39. The number of amides is 2. The van der Waals surface area contributed by atoms with Crippen LogP contribution in [0.2, 0.25) is 0 Å². The van der Waals surface area contributed by atoms with Crippen molar-refractivity contribution < 1.29 is 32.2 Å². The van der Waals surface area contributed by atoms with Crippen molar-refractivity contribution in [1.29, 1.82) is 0 Å². The number of hydrogen-bond donors (Lipinski definition) is 0. The van der Waals surface area contributed by atoms with Crippen molar-refractivity contribution in [3.05, 3.63) is 58.6 Å². The topological polar surface area (TPSA) is 55.8 Å². The van der Waals surface area contributed by atoms with Crippen LogP contribution in [0.25, 0.3) is 5.57 Å². The third-order valence-corrected chi connectivity index (χ3v) is 4.48. The van der Waals surface area contributed by atoms with Crippen LogP contribution in [-0.4, -0.2) is 26.0 Å². The van der Waals surface area contributed by atoms with Gasteiger partial charge in [0.1, 0.15) is 5.03 Å². The highest BCUT2D eigenvalue weighted by atomic mass is 35.5. The standard InChI is InChI=1S/C19H13ClF3NO4/c1-27-13-7-6-10(8-14(13)28-2)15-16(20)18(26)24(17(15)25)12-5-3-4-11(9-12)19(21,22)23/h3-9H,1-2H3. The Morgan fingerprint density at radius 1 is 0.929 bits per heavy atom. The van der Waals surface area contributed by atoms with Gasteiger partial charge in [-0.15, -0.1) is 0 Å². The first-order valence-electron chi connectivity index (χ1n) is 7.87. The van der Waals surface area contributed by atoms with Gasteiger partial charge in [-0.3, -0.25) is 9.59 Å². The van der Waals surface area contributed by atoms with Gasteiger partial charge in [0.05, 0.1) is 31.0 Å². The Hall–Kier alpha value is -3.00. The summed E-state index contributed by atoms with van der Waals surface area (Å²) in [5.41, 5.74) is -1.07. The first kappa shape index (κ1) is 19.8. The molecular formula is C19H13ClF3NO4. The van der Waals surface area contributed by atoms with Crippen LogP contribution >= 0.6 is 11.6 Å². The number of hydrogen-bond acceptors (Lipinski definition) is 4. The summed E-state index contributed by atoms with van der Waals surface area (Å²) in [6.45, 7) is 0. The normalized spacial score (nSPS) is 14.7. The van der Waals surface area contributed by atoms with Gasteiger partial charge in [0.25, 0.3) is 11.8 Å². The monoisotopic (exact) mass is 411 g/mol. The smallest absolute Gasteiger partial charge is 0.416 e. The lowest BCUT2D eigenvalue weighted by Crippen LogP contribution is -2.31. The van der Waals surface area contributed by atoms with Crippen molar-refractivity contribution in [3.63, 3.8) is 0 Å². The molecule has 1 aliphatic heterocycles. The van der Waals surface area contributed by atoms with Gasteiger partial charge in [-0.1, -0.05) is 23.7 Å². The van der Waals surface area contributed by atoms with E-state index < -0.39 is 28.6 Å². The van der Waals surface area contributed by atoms with E-state index in [4.69, 9.17) is 21.1 Å². The minimum Gasteiger partial charge on any atom is -0.493 e. The highest BCUT2D eigenvalue weighted by molar-refractivity contribution is 6.60. The summed E-state index contributed by atoms with van der Waals surface area (Å²) in [5.74, 6) is -1.04. The molecule has 2 amide bonds. The van der Waals surface area contributed by atoms with Crippen molar-refractivity contribution in [3.8, 4) is 11.5 Å². The van der Waals surface area contributed by atoms with E-state index >= 15 is 0 Å². The number of imide groups is 1. The van der Waals surface area contributed by atoms with Gasteiger partial charge in [-0.05, 0) is 35.9 Å². The summed E-state index contributed by atoms with van der Waals surface area (Å²) in [7, 11) is 2.83. The van der Waals surface area contributed by atoms with Gasteiger partial charge in [0.2, 0.25) is 0 Å². The zero-order chi connectivity index (χ0) is 20.6. The minimum atomic E-state index is -4.62. The lowest BCUT2D eigenvalue weighted by molar-refractivity contribution is -0.137. The first-order valence-corrected chi connectivity index (χ1v) is 8.25. The molecule has 3 rings (SSSR count). The zero-order valence-corrected chi connectivity index (χ0v) is 15.4. The number of carbonyl (C=O) groups excluding carboxylic acids is 2. The van der Waals surface area contributed by atoms with Crippen LogP contribution < -0.4 is 14.4 Å². The van der Waals surface area contributed by atoms with E-state index in [9.17, 15) is 22.8 Å². The summed E-state index contributed by atoms with van der Waals surface area (Å²) in [5, 5.41) is -0.394. The predicted molar refractivity (Wildman–Crippen MR) is 96.3 cm³/mol. The molecule has 0 aromatic heterocycles. The lowest BCUT2D eigenvalue weighted by Gasteiger charge is -2.17. The Labute approximate surface area is 162 Å². The molecule has 2 aromatic rings. The largest absolute Gasteiger partial charge is 0.493 e. The van der Waals surface area contributed by atoms with Crippen LogP contribution in [0, 0.1) is 0 Å². The third kappa shape index (κ3) is 3.31. The fourth-order valence-electron chi connectivity index (χ4n) is 2.80. The van der Waals surface area contributed by atoms with E-state index in [2.05, 4.69) is 0 Å². The number of rotatable bonds is 4. The molecule has 0 saturated heterocycles. The maximum Gasteiger partial charge on any atom is 0.416 e. The molecular weight excluding hydrogens is 399 g/mol. The van der Waals surface area contributed by atoms with E-state index in [1.165, 1.54) is 38.5 Å². The molecule has 0 fully saturated rings. The molecule has 146 valence electrons. The highest BCUT2D eigenvalue weighted by Gasteiger charge is 2.40. The van der Waals surface area contributed by atoms with Gasteiger partial charge in [-0.2, -0.15) is 13.2 Å². The van der Waals surface area contributed by atoms with Crippen LogP contribution in [0.4, 0.5) is 18.9 Å². The summed E-state index contributed by atoms with van der Waals surface area (Å²) in [4.78, 5) is 26.0. The van der Waals surface area contributed by atoms with Gasteiger partial charge < -0.3 is 9.47 Å². The molecule has 0 bridgehead atoms. The Bertz CT molecular complexity index is 1000. The van der Waals surface area contributed by atoms with E-state index in [1.54, 1.807) is 0 Å². The fourth-order valence-corrected chi connectivity index (χ4v) is 3.08. The second kappa shape index (κ2) is 7.20. The molecule has 1 heterocycles. The quantitative estimate of drug-likeness (QED) is 0.706. The van der Waals surface area contributed by atoms with Gasteiger partial charge >= 0.3 is 6.18 Å². The van der Waals surface area contributed by atoms with E-state index in [0.717, 1.165) is 18.2 Å². The molecule has 0 atom stereocenters. The third-order valence-electron chi connectivity index (χ3n) is 4.13. The average molecular weight is 412 g/mol. The van der Waals surface area contributed by atoms with E-state index in [1.807, 2.05) is 0 Å². The summed E-state index contributed by atoms with van der Waals surface area (Å²) in [6, 6.07) is 8.39. The second-order valence-corrected chi connectivity index (χ2v) is 6.13. The molecule has 0 spiro atoms. The number of alkyl halides is 3. The number of anilines is 1. The van der Waals surface area contributed by atoms with Crippen LogP contribution in [0.15, 0.2) is 47.5 Å². The van der Waals surface area contributed by atoms with Crippen molar-refractivity contribution >= 4 is 34.7 Å². The van der Waals surface area contributed by atoms with E-state index in [-0.39, 0.29) is 16.8 Å². The average Bonchev–Trinajstić information content (AvgIpc) is 2.89. The molecule has 0 saturated carbocycles. The molecule has 5 nitrogen and oxygen atoms in total. The summed E-state index contributed by atoms with van der Waals surface area (Å²) >= 11 is 6.07. The Balaban J connectivity index is 2.04. The number of benzene rings is 2. The molecule has 9 heteroatoms. The Morgan fingerprint density at radius 2 is 1.61 bits per heavy atom. The molecule has 2 aromatic carbocycles. The molecule has 28 heavy (non-hydrogen) atoms. The number of halogens is 4. The summed E-state index contributed by atoms with van der Waals surface area (Å²) < 4.78 is 49.2. The van der Waals surface area contributed by atoms with Crippen LogP contribution in [0.5, 0.6) is 11.5 Å². The van der Waals surface area contributed by atoms with Crippen molar-refractivity contribution in [1.82, 2.24) is 0 Å². The maximum absolute atomic E-state index is 13.0. The minimum absolute atomic E-state index is 0.134. The second-order valence-electron chi connectivity index (χ2n) is 5.75. The van der Waals surface area contributed by atoms with Crippen molar-refractivity contribution in [2.75, 3.05) is 19.1 Å². The van der Waals surface area contributed by atoms with Crippen LogP contribution in [0.3, 0.4) is 0 Å². The van der Waals surface area contributed by atoms with Crippen LogP contribution in [0.1, 0.15) is 11.1 Å². The maximum atomic E-state index is 13.0. The molecule has 1 aliphatic rings. The number of carbonyl (C=O) groups is 2. The van der Waals surface area contributed by atoms with Crippen LogP contribution in [-0.2, 0) is 15.8 Å². The van der Waals surface area contributed by atoms with E-state index in [0.29, 0.717) is 16.4 Å². The van der Waals surface area contributed by atoms with Gasteiger partial charge in [0.15, 0.2) is 11.5 Å². The zero-order valence-electron chi connectivity index (χ0n) is 14.6. The first-order chi connectivity index (χ1) is 13.2. The molecule has 0 aliphatic carbocycles. The predicted octanol–water partition coefficient (Wildman–Crippen LogP) is 4.25. The van der Waals surface area contributed by atoms with Gasteiger partial charge in [-0.25, -0.2) is 4.90 Å². The molecule has 0 unspecified atom stereocenters. The van der Waals surface area contributed by atoms with Crippen molar-refractivity contribution in [2.24, 2.45) is 0 Å². The van der Waals surface area contributed by atoms with Gasteiger partial charge in [0, 0.05) is 0 Å². The molecule has 0 radical (unpaired) electrons.